The summed E-state index contributed by atoms with van der Waals surface area (Å²) in [5.74, 6) is 0.275. The number of carbonyl (C=O) groups is 1. The van der Waals surface area contributed by atoms with Crippen molar-refractivity contribution >= 4 is 17.0 Å². The molecule has 1 fully saturated rings. The van der Waals surface area contributed by atoms with Gasteiger partial charge in [-0.3, -0.25) is 4.79 Å². The van der Waals surface area contributed by atoms with Crippen LogP contribution >= 0.6 is 0 Å². The number of rotatable bonds is 16. The lowest BCUT2D eigenvalue weighted by Gasteiger charge is -2.39. The number of benzene rings is 2. The molecule has 0 amide bonds. The van der Waals surface area contributed by atoms with Gasteiger partial charge in [-0.2, -0.15) is 0 Å². The number of esters is 1. The number of aromatic hydroxyl groups is 1. The molecule has 0 bridgehead atoms. The van der Waals surface area contributed by atoms with Crippen LogP contribution in [0, 0.1) is 11.8 Å². The molecule has 0 aromatic heterocycles. The Morgan fingerprint density at radius 2 is 1.56 bits per heavy atom. The van der Waals surface area contributed by atoms with E-state index in [2.05, 4.69) is 15.4 Å². The van der Waals surface area contributed by atoms with E-state index in [9.17, 15) is 14.1 Å². The topological polar surface area (TPSA) is 163 Å². The number of phenolic OH excluding ortho intramolecular Hbond substituents is 1. The van der Waals surface area contributed by atoms with Gasteiger partial charge in [0.15, 0.2) is 23.0 Å². The lowest BCUT2D eigenvalue weighted by atomic mass is 9.65. The summed E-state index contributed by atoms with van der Waals surface area (Å²) in [6.07, 6.45) is 3.07. The highest BCUT2D eigenvalue weighted by Gasteiger charge is 2.53. The van der Waals surface area contributed by atoms with Crippen LogP contribution in [0.3, 0.4) is 0 Å². The molecule has 2 aromatic rings. The first-order valence-electron chi connectivity index (χ1n) is 14.8. The Morgan fingerprint density at radius 1 is 0.930 bits per heavy atom. The Hall–Kier alpha value is -3.10. The molecule has 12 nitrogen and oxygen atoms in total. The minimum atomic E-state index is -1.37. The molecule has 236 valence electrons. The maximum atomic E-state index is 13.3. The lowest BCUT2D eigenvalue weighted by Crippen LogP contribution is -2.42. The van der Waals surface area contributed by atoms with Gasteiger partial charge in [0.25, 0.3) is 0 Å². The van der Waals surface area contributed by atoms with E-state index in [4.69, 9.17) is 29.4 Å². The molecule has 1 aliphatic carbocycles. The number of cyclic esters (lactones) is 1. The Bertz CT molecular complexity index is 1290. The Balaban J connectivity index is 1.34. The number of hydrogen-bond acceptors (Lipinski definition) is 11. The SMILES string of the molecule is COc1cc([C@@H]2c3cc4c(cc3C(NS(=O)CCNCCCCNCCCN)C3COC(=O)[C@@H]32)OCO4)cc(OC)c1O. The van der Waals surface area contributed by atoms with Gasteiger partial charge in [-0.25, -0.2) is 8.93 Å². The number of methoxy groups -OCH3 is 2. The van der Waals surface area contributed by atoms with Crippen LogP contribution in [0.5, 0.6) is 28.7 Å². The highest BCUT2D eigenvalue weighted by molar-refractivity contribution is 7.83. The van der Waals surface area contributed by atoms with Crippen molar-refractivity contribution in [3.8, 4) is 28.7 Å². The second-order valence-corrected chi connectivity index (χ2v) is 12.2. The van der Waals surface area contributed by atoms with Crippen LogP contribution in [0.25, 0.3) is 0 Å². The average molecular weight is 619 g/mol. The van der Waals surface area contributed by atoms with Crippen LogP contribution in [0.1, 0.15) is 47.9 Å². The Morgan fingerprint density at radius 3 is 2.21 bits per heavy atom. The second-order valence-electron chi connectivity index (χ2n) is 10.9. The smallest absolute Gasteiger partial charge is 0.310 e. The molecule has 3 aliphatic rings. The molecular weight excluding hydrogens is 576 g/mol. The predicted molar refractivity (Wildman–Crippen MR) is 161 cm³/mol. The molecular formula is C30H42N4O8S. The van der Waals surface area contributed by atoms with Gasteiger partial charge >= 0.3 is 5.97 Å². The molecule has 2 aromatic carbocycles. The highest BCUT2D eigenvalue weighted by atomic mass is 32.2. The molecule has 43 heavy (non-hydrogen) atoms. The van der Waals surface area contributed by atoms with Crippen LogP contribution in [0.15, 0.2) is 24.3 Å². The molecule has 0 radical (unpaired) electrons. The first kappa shape index (κ1) is 31.3. The summed E-state index contributed by atoms with van der Waals surface area (Å²) in [5, 5.41) is 17.3. The van der Waals surface area contributed by atoms with Crippen molar-refractivity contribution in [2.45, 2.75) is 31.2 Å². The van der Waals surface area contributed by atoms with E-state index in [1.54, 1.807) is 12.1 Å². The molecule has 5 atom stereocenters. The Labute approximate surface area is 254 Å². The molecule has 2 heterocycles. The summed E-state index contributed by atoms with van der Waals surface area (Å²) in [6.45, 7) is 4.33. The van der Waals surface area contributed by atoms with Crippen LogP contribution < -0.4 is 40.0 Å². The number of nitrogens with one attached hydrogen (secondary N) is 3. The molecule has 13 heteroatoms. The number of unbranched alkanes of at least 4 members (excludes halogenated alkanes) is 1. The van der Waals surface area contributed by atoms with Crippen molar-refractivity contribution in [3.05, 3.63) is 41.0 Å². The molecule has 0 saturated carbocycles. The minimum absolute atomic E-state index is 0.0953. The summed E-state index contributed by atoms with van der Waals surface area (Å²) < 4.78 is 44.5. The zero-order valence-corrected chi connectivity index (χ0v) is 25.5. The number of carbonyl (C=O) groups excluding carboxylic acids is 1. The van der Waals surface area contributed by atoms with E-state index in [1.165, 1.54) is 14.2 Å². The summed E-state index contributed by atoms with van der Waals surface area (Å²) >= 11 is 0. The van der Waals surface area contributed by atoms with E-state index < -0.39 is 28.9 Å². The quantitative estimate of drug-likeness (QED) is 0.137. The fraction of sp³-hybridized carbons (Fsp3) is 0.567. The van der Waals surface area contributed by atoms with Crippen LogP contribution in [0.4, 0.5) is 0 Å². The van der Waals surface area contributed by atoms with E-state index in [1.807, 2.05) is 12.1 Å². The monoisotopic (exact) mass is 618 g/mol. The van der Waals surface area contributed by atoms with Crippen molar-refractivity contribution in [2.75, 3.05) is 66.1 Å². The van der Waals surface area contributed by atoms with Crippen molar-refractivity contribution in [1.82, 2.24) is 15.4 Å². The molecule has 1 saturated heterocycles. The zero-order chi connectivity index (χ0) is 30.3. The molecule has 5 rings (SSSR count). The molecule has 6 N–H and O–H groups in total. The van der Waals surface area contributed by atoms with Gasteiger partial charge in [-0.1, -0.05) is 0 Å². The number of ether oxygens (including phenoxy) is 5. The Kier molecular flexibility index (Phi) is 10.6. The molecule has 2 aliphatic heterocycles. The van der Waals surface area contributed by atoms with Crippen LogP contribution in [-0.4, -0.2) is 81.4 Å². The number of nitrogens with two attached hydrogens (primary N) is 1. The third-order valence-electron chi connectivity index (χ3n) is 8.29. The van der Waals surface area contributed by atoms with Crippen LogP contribution in [0.2, 0.25) is 0 Å². The minimum Gasteiger partial charge on any atom is -0.502 e. The standard InChI is InChI=1S/C30H42N4O8S/c1-38-24-12-18(13-25(39-2)29(24)35)26-19-14-22-23(42-17-41-22)15-20(19)28(21-16-40-30(36)27(21)26)34-43(37)11-10-33-8-4-3-7-32-9-5-6-31/h12-15,21,26-28,32-35H,3-11,16-17,31H2,1-2H3/t21?,26-,27+,28?,43?/m1/s1. The van der Waals surface area contributed by atoms with E-state index >= 15 is 0 Å². The van der Waals surface area contributed by atoms with Crippen molar-refractivity contribution in [2.24, 2.45) is 17.6 Å². The summed E-state index contributed by atoms with van der Waals surface area (Å²) in [5.41, 5.74) is 7.92. The highest BCUT2D eigenvalue weighted by Crippen LogP contribution is 2.55. The summed E-state index contributed by atoms with van der Waals surface area (Å²) in [4.78, 5) is 13.3. The van der Waals surface area contributed by atoms with E-state index in [-0.39, 0.29) is 42.5 Å². The van der Waals surface area contributed by atoms with Gasteiger partial charge in [-0.15, -0.1) is 0 Å². The maximum Gasteiger partial charge on any atom is 0.310 e. The third-order valence-corrected chi connectivity index (χ3v) is 9.38. The van der Waals surface area contributed by atoms with Crippen molar-refractivity contribution < 1.29 is 37.8 Å². The maximum absolute atomic E-state index is 13.3. The normalized spacial score (nSPS) is 22.5. The van der Waals surface area contributed by atoms with Crippen molar-refractivity contribution in [3.63, 3.8) is 0 Å². The van der Waals surface area contributed by atoms with E-state index in [0.717, 1.165) is 55.6 Å². The molecule has 3 unspecified atom stereocenters. The fourth-order valence-corrected chi connectivity index (χ4v) is 7.18. The number of phenols is 1. The van der Waals surface area contributed by atoms with Gasteiger partial charge in [0.1, 0.15) is 0 Å². The lowest BCUT2D eigenvalue weighted by molar-refractivity contribution is -0.141. The number of hydrogen-bond donors (Lipinski definition) is 5. The zero-order valence-electron chi connectivity index (χ0n) is 24.7. The summed E-state index contributed by atoms with van der Waals surface area (Å²) in [7, 11) is 1.55. The van der Waals surface area contributed by atoms with Gasteiger partial charge < -0.3 is 45.2 Å². The van der Waals surface area contributed by atoms with Crippen molar-refractivity contribution in [1.29, 1.82) is 0 Å². The molecule has 0 spiro atoms. The van der Waals surface area contributed by atoms with E-state index in [0.29, 0.717) is 30.3 Å². The van der Waals surface area contributed by atoms with Gasteiger partial charge in [0.05, 0.1) is 49.5 Å². The summed E-state index contributed by atoms with van der Waals surface area (Å²) in [6, 6.07) is 6.81. The number of fused-ring (bicyclic) bond motifs is 3. The predicted octanol–water partition coefficient (Wildman–Crippen LogP) is 1.68. The largest absolute Gasteiger partial charge is 0.502 e. The third kappa shape index (κ3) is 6.86. The second kappa shape index (κ2) is 14.6. The first-order valence-corrected chi connectivity index (χ1v) is 16.1. The fourth-order valence-electron chi connectivity index (χ4n) is 6.15. The first-order chi connectivity index (χ1) is 21.0. The van der Waals surface area contributed by atoms with Crippen LogP contribution in [-0.2, 0) is 20.5 Å². The van der Waals surface area contributed by atoms with Gasteiger partial charge in [0.2, 0.25) is 12.5 Å². The van der Waals surface area contributed by atoms with Gasteiger partial charge in [0, 0.05) is 18.4 Å². The average Bonchev–Trinajstić information content (AvgIpc) is 3.63. The van der Waals surface area contributed by atoms with Gasteiger partial charge in [-0.05, 0) is 86.4 Å².